The molecule has 0 radical (unpaired) electrons. The van der Waals surface area contributed by atoms with Gasteiger partial charge in [-0.2, -0.15) is 0 Å². The Morgan fingerprint density at radius 3 is 1.89 bits per heavy atom. The minimum atomic E-state index is 0.531. The molecule has 3 rings (SSSR count). The van der Waals surface area contributed by atoms with Crippen LogP contribution in [0.25, 0.3) is 0 Å². The fraction of sp³-hybridized carbons (Fsp3) is 0.333. The molecular weight excluding hydrogens is 230 g/mol. The summed E-state index contributed by atoms with van der Waals surface area (Å²) in [5.74, 6) is 0.631. The van der Waals surface area contributed by atoms with Crippen molar-refractivity contribution in [3.05, 3.63) is 71.8 Å². The molecule has 0 amide bonds. The lowest BCUT2D eigenvalue weighted by molar-refractivity contribution is 0.0273. The van der Waals surface area contributed by atoms with E-state index in [4.69, 9.17) is 0 Å². The highest BCUT2D eigenvalue weighted by molar-refractivity contribution is 5.32. The molecule has 0 spiro atoms. The molecule has 0 bridgehead atoms. The van der Waals surface area contributed by atoms with Gasteiger partial charge in [-0.3, -0.25) is 4.90 Å². The average Bonchev–Trinajstić information content (AvgIpc) is 2.39. The second kappa shape index (κ2) is 5.18. The Morgan fingerprint density at radius 1 is 0.842 bits per heavy atom. The first-order valence-electron chi connectivity index (χ1n) is 7.13. The van der Waals surface area contributed by atoms with Gasteiger partial charge in [-0.1, -0.05) is 60.7 Å². The molecule has 2 aromatic carbocycles. The van der Waals surface area contributed by atoms with Crippen molar-refractivity contribution < 1.29 is 0 Å². The summed E-state index contributed by atoms with van der Waals surface area (Å²) >= 11 is 0. The van der Waals surface area contributed by atoms with Crippen LogP contribution in [0, 0.1) is 0 Å². The predicted molar refractivity (Wildman–Crippen MR) is 80.2 cm³/mol. The van der Waals surface area contributed by atoms with Crippen LogP contribution in [-0.2, 0) is 0 Å². The summed E-state index contributed by atoms with van der Waals surface area (Å²) in [5, 5.41) is 0. The summed E-state index contributed by atoms with van der Waals surface area (Å²) in [5.41, 5.74) is 2.91. The first-order chi connectivity index (χ1) is 9.27. The van der Waals surface area contributed by atoms with Crippen LogP contribution in [0.2, 0.25) is 0 Å². The Balaban J connectivity index is 1.91. The summed E-state index contributed by atoms with van der Waals surface area (Å²) in [7, 11) is 0. The second-order valence-electron chi connectivity index (χ2n) is 5.66. The molecule has 1 heterocycles. The molecule has 0 aliphatic carbocycles. The van der Waals surface area contributed by atoms with E-state index in [-0.39, 0.29) is 0 Å². The molecule has 1 fully saturated rings. The lowest BCUT2D eigenvalue weighted by atomic mass is 9.78. The molecule has 98 valence electrons. The normalized spacial score (nSPS) is 23.3. The van der Waals surface area contributed by atoms with E-state index in [0.29, 0.717) is 18.0 Å². The van der Waals surface area contributed by atoms with Gasteiger partial charge in [0.25, 0.3) is 0 Å². The fourth-order valence-electron chi connectivity index (χ4n) is 3.13. The zero-order valence-electron chi connectivity index (χ0n) is 11.7. The molecule has 1 nitrogen and oxygen atoms in total. The quantitative estimate of drug-likeness (QED) is 0.789. The number of benzene rings is 2. The monoisotopic (exact) mass is 251 g/mol. The molecule has 0 aromatic heterocycles. The van der Waals surface area contributed by atoms with Gasteiger partial charge >= 0.3 is 0 Å². The SMILES string of the molecule is CC(C)N1C[C@@H](c2ccccc2)[C@H]1c1ccccc1. The number of nitrogens with zero attached hydrogens (tertiary/aromatic N) is 1. The molecule has 1 aliphatic heterocycles. The lowest BCUT2D eigenvalue weighted by Gasteiger charge is -2.51. The minimum Gasteiger partial charge on any atom is -0.293 e. The summed E-state index contributed by atoms with van der Waals surface area (Å²) in [6.07, 6.45) is 0. The van der Waals surface area contributed by atoms with E-state index >= 15 is 0 Å². The van der Waals surface area contributed by atoms with Crippen molar-refractivity contribution in [3.63, 3.8) is 0 Å². The van der Waals surface area contributed by atoms with Crippen LogP contribution in [0.15, 0.2) is 60.7 Å². The molecule has 1 heteroatoms. The van der Waals surface area contributed by atoms with Gasteiger partial charge < -0.3 is 0 Å². The molecule has 0 N–H and O–H groups in total. The number of likely N-dealkylation sites (tertiary alicyclic amines) is 1. The van der Waals surface area contributed by atoms with Crippen LogP contribution in [0.5, 0.6) is 0 Å². The zero-order valence-corrected chi connectivity index (χ0v) is 11.7. The van der Waals surface area contributed by atoms with Gasteiger partial charge in [-0.25, -0.2) is 0 Å². The van der Waals surface area contributed by atoms with Crippen LogP contribution in [0.4, 0.5) is 0 Å². The van der Waals surface area contributed by atoms with Gasteiger partial charge in [-0.05, 0) is 25.0 Å². The highest BCUT2D eigenvalue weighted by Crippen LogP contribution is 2.46. The van der Waals surface area contributed by atoms with Gasteiger partial charge in [0.2, 0.25) is 0 Å². The Hall–Kier alpha value is -1.60. The average molecular weight is 251 g/mol. The molecule has 2 aromatic rings. The first kappa shape index (κ1) is 12.4. The van der Waals surface area contributed by atoms with E-state index in [1.807, 2.05) is 0 Å². The molecule has 1 aliphatic rings. The Bertz CT molecular complexity index is 518. The van der Waals surface area contributed by atoms with Crippen LogP contribution >= 0.6 is 0 Å². The molecular formula is C18H21N. The number of rotatable bonds is 3. The van der Waals surface area contributed by atoms with E-state index in [1.165, 1.54) is 17.7 Å². The molecule has 2 atom stereocenters. The fourth-order valence-corrected chi connectivity index (χ4v) is 3.13. The molecule has 0 unspecified atom stereocenters. The molecule has 1 saturated heterocycles. The second-order valence-corrected chi connectivity index (χ2v) is 5.66. The highest BCUT2D eigenvalue weighted by atomic mass is 15.2. The molecule has 19 heavy (non-hydrogen) atoms. The third kappa shape index (κ3) is 2.31. The Kier molecular flexibility index (Phi) is 3.39. The van der Waals surface area contributed by atoms with E-state index in [1.54, 1.807) is 0 Å². The van der Waals surface area contributed by atoms with Crippen LogP contribution in [0.3, 0.4) is 0 Å². The summed E-state index contributed by atoms with van der Waals surface area (Å²) in [6.45, 7) is 5.75. The van der Waals surface area contributed by atoms with Crippen molar-refractivity contribution in [2.45, 2.75) is 31.8 Å². The lowest BCUT2D eigenvalue weighted by Crippen LogP contribution is -2.51. The van der Waals surface area contributed by atoms with Gasteiger partial charge in [0.15, 0.2) is 0 Å². The number of hydrogen-bond donors (Lipinski definition) is 0. The zero-order chi connectivity index (χ0) is 13.2. The van der Waals surface area contributed by atoms with Crippen molar-refractivity contribution >= 4 is 0 Å². The predicted octanol–water partition coefficient (Wildman–Crippen LogP) is 4.24. The topological polar surface area (TPSA) is 3.24 Å². The maximum Gasteiger partial charge on any atom is 0.0431 e. The molecule has 0 saturated carbocycles. The van der Waals surface area contributed by atoms with E-state index in [2.05, 4.69) is 79.4 Å². The van der Waals surface area contributed by atoms with Gasteiger partial charge in [0.1, 0.15) is 0 Å². The maximum absolute atomic E-state index is 2.59. The van der Waals surface area contributed by atoms with Gasteiger partial charge in [-0.15, -0.1) is 0 Å². The van der Waals surface area contributed by atoms with Crippen molar-refractivity contribution in [1.82, 2.24) is 4.90 Å². The van der Waals surface area contributed by atoms with Gasteiger partial charge in [0.05, 0.1) is 0 Å². The third-order valence-corrected chi connectivity index (χ3v) is 4.18. The van der Waals surface area contributed by atoms with Crippen LogP contribution in [-0.4, -0.2) is 17.5 Å². The van der Waals surface area contributed by atoms with Crippen LogP contribution < -0.4 is 0 Å². The van der Waals surface area contributed by atoms with E-state index in [0.717, 1.165) is 0 Å². The van der Waals surface area contributed by atoms with Crippen molar-refractivity contribution in [2.24, 2.45) is 0 Å². The Labute approximate surface area is 115 Å². The van der Waals surface area contributed by atoms with Crippen molar-refractivity contribution in [1.29, 1.82) is 0 Å². The first-order valence-corrected chi connectivity index (χ1v) is 7.13. The summed E-state index contributed by atoms with van der Waals surface area (Å²) in [6, 6.07) is 23.0. The maximum atomic E-state index is 2.59. The largest absolute Gasteiger partial charge is 0.293 e. The van der Waals surface area contributed by atoms with Crippen molar-refractivity contribution in [3.8, 4) is 0 Å². The summed E-state index contributed by atoms with van der Waals surface area (Å²) in [4.78, 5) is 2.59. The highest BCUT2D eigenvalue weighted by Gasteiger charge is 2.41. The van der Waals surface area contributed by atoms with E-state index in [9.17, 15) is 0 Å². The number of hydrogen-bond acceptors (Lipinski definition) is 1. The van der Waals surface area contributed by atoms with Gasteiger partial charge in [0, 0.05) is 24.5 Å². The third-order valence-electron chi connectivity index (χ3n) is 4.18. The Morgan fingerprint density at radius 2 is 1.37 bits per heavy atom. The van der Waals surface area contributed by atoms with Crippen molar-refractivity contribution in [2.75, 3.05) is 6.54 Å². The van der Waals surface area contributed by atoms with E-state index < -0.39 is 0 Å². The smallest absolute Gasteiger partial charge is 0.0431 e. The minimum absolute atomic E-state index is 0.531. The standard InChI is InChI=1S/C18H21N/c1-14(2)19-13-17(15-9-5-3-6-10-15)18(19)16-11-7-4-8-12-16/h3-12,14,17-18H,13H2,1-2H3/t17-,18+/m0/s1. The van der Waals surface area contributed by atoms with Crippen LogP contribution in [0.1, 0.15) is 36.9 Å². The summed E-state index contributed by atoms with van der Waals surface area (Å²) < 4.78 is 0.